The van der Waals surface area contributed by atoms with E-state index in [1.165, 1.54) is 0 Å². The molecule has 0 bridgehead atoms. The third-order valence-corrected chi connectivity index (χ3v) is 1.97. The van der Waals surface area contributed by atoms with Gasteiger partial charge in [-0.15, -0.1) is 11.6 Å². The molecule has 0 aromatic carbocycles. The summed E-state index contributed by atoms with van der Waals surface area (Å²) in [6, 6.07) is 0.241. The first kappa shape index (κ1) is 9.63. The highest BCUT2D eigenvalue weighted by Crippen LogP contribution is 2.07. The van der Waals surface area contributed by atoms with Crippen LogP contribution in [0.1, 0.15) is 13.8 Å². The van der Waals surface area contributed by atoms with Gasteiger partial charge >= 0.3 is 0 Å². The molecule has 1 N–H and O–H groups in total. The molecule has 0 aromatic rings. The fourth-order valence-electron chi connectivity index (χ4n) is 0.565. The average molecular weight is 164 g/mol. The lowest BCUT2D eigenvalue weighted by Gasteiger charge is -2.24. The van der Waals surface area contributed by atoms with Gasteiger partial charge in [-0.3, -0.25) is 0 Å². The van der Waals surface area contributed by atoms with Crippen molar-refractivity contribution in [1.82, 2.24) is 4.90 Å². The molecule has 0 saturated carbocycles. The van der Waals surface area contributed by atoms with Crippen molar-refractivity contribution in [2.75, 3.05) is 7.05 Å². The van der Waals surface area contributed by atoms with Crippen LogP contribution in [-0.2, 0) is 0 Å². The fourth-order valence-corrected chi connectivity index (χ4v) is 0.743. The van der Waals surface area contributed by atoms with Crippen molar-refractivity contribution in [2.24, 2.45) is 0 Å². The van der Waals surface area contributed by atoms with Crippen LogP contribution in [0.2, 0.25) is 0 Å². The zero-order valence-corrected chi connectivity index (χ0v) is 7.34. The number of halogens is 1. The Morgan fingerprint density at radius 2 is 2.00 bits per heavy atom. The second-order valence-corrected chi connectivity index (χ2v) is 3.07. The van der Waals surface area contributed by atoms with E-state index in [-0.39, 0.29) is 11.4 Å². The number of hydrogen-bond donors (Lipinski definition) is 1. The van der Waals surface area contributed by atoms with Crippen LogP contribution >= 0.6 is 11.6 Å². The highest BCUT2D eigenvalue weighted by Gasteiger charge is 2.10. The maximum absolute atomic E-state index is 8.40. The van der Waals surface area contributed by atoms with E-state index in [0.717, 1.165) is 6.26 Å². The molecule has 0 heterocycles. The first-order valence-electron chi connectivity index (χ1n) is 3.26. The van der Waals surface area contributed by atoms with E-state index in [0.29, 0.717) is 0 Å². The molecule has 0 saturated heterocycles. The molecule has 0 aliphatic carbocycles. The lowest BCUT2D eigenvalue weighted by Crippen LogP contribution is -2.30. The molecular weight excluding hydrogens is 150 g/mol. The summed E-state index contributed by atoms with van der Waals surface area (Å²) in [6.45, 7) is 3.92. The van der Waals surface area contributed by atoms with Gasteiger partial charge in [-0.25, -0.2) is 0 Å². The van der Waals surface area contributed by atoms with E-state index in [1.807, 2.05) is 25.8 Å². The van der Waals surface area contributed by atoms with Gasteiger partial charge < -0.3 is 10.0 Å². The monoisotopic (exact) mass is 163 g/mol. The number of rotatable bonds is 3. The van der Waals surface area contributed by atoms with E-state index in [9.17, 15) is 0 Å². The smallest absolute Gasteiger partial charge is 0.0950 e. The Kier molecular flexibility index (Phi) is 4.28. The molecule has 0 amide bonds. The minimum atomic E-state index is 0.0844. The van der Waals surface area contributed by atoms with Crippen LogP contribution in [0.5, 0.6) is 0 Å². The summed E-state index contributed by atoms with van der Waals surface area (Å²) in [5.74, 6) is 0. The molecule has 0 aliphatic rings. The molecule has 0 spiro atoms. The van der Waals surface area contributed by atoms with Gasteiger partial charge in [-0.2, -0.15) is 0 Å². The zero-order valence-electron chi connectivity index (χ0n) is 6.58. The number of nitrogens with zero attached hydrogens (tertiary/aromatic N) is 1. The molecule has 0 aromatic heterocycles. The first-order valence-corrected chi connectivity index (χ1v) is 3.70. The van der Waals surface area contributed by atoms with Crippen molar-refractivity contribution in [3.05, 3.63) is 12.5 Å². The van der Waals surface area contributed by atoms with E-state index in [1.54, 1.807) is 6.20 Å². The molecule has 2 atom stereocenters. The molecule has 0 radical (unpaired) electrons. The Labute approximate surface area is 67.1 Å². The predicted molar refractivity (Wildman–Crippen MR) is 44.3 cm³/mol. The molecule has 10 heavy (non-hydrogen) atoms. The lowest BCUT2D eigenvalue weighted by atomic mass is 10.2. The predicted octanol–water partition coefficient (Wildman–Crippen LogP) is 1.96. The topological polar surface area (TPSA) is 23.5 Å². The molecule has 0 fully saturated rings. The average Bonchev–Trinajstić information content (AvgIpc) is 1.87. The SMILES string of the molecule is CC(Cl)[C@@H](C)N(C)/C=C\O. The molecule has 2 nitrogen and oxygen atoms in total. The van der Waals surface area contributed by atoms with Crippen molar-refractivity contribution >= 4 is 11.6 Å². The maximum atomic E-state index is 8.40. The van der Waals surface area contributed by atoms with E-state index >= 15 is 0 Å². The first-order chi connectivity index (χ1) is 4.59. The van der Waals surface area contributed by atoms with Gasteiger partial charge in [0.25, 0.3) is 0 Å². The fraction of sp³-hybridized carbons (Fsp3) is 0.714. The van der Waals surface area contributed by atoms with Crippen molar-refractivity contribution in [3.8, 4) is 0 Å². The minimum absolute atomic E-state index is 0.0844. The summed E-state index contributed by atoms with van der Waals surface area (Å²) in [6.07, 6.45) is 2.60. The van der Waals surface area contributed by atoms with Crippen LogP contribution in [0.15, 0.2) is 12.5 Å². The summed E-state index contributed by atoms with van der Waals surface area (Å²) in [5.41, 5.74) is 0. The van der Waals surface area contributed by atoms with Gasteiger partial charge in [-0.05, 0) is 13.8 Å². The number of aliphatic hydroxyl groups is 1. The third-order valence-electron chi connectivity index (χ3n) is 1.61. The maximum Gasteiger partial charge on any atom is 0.0950 e. The van der Waals surface area contributed by atoms with Crippen LogP contribution in [-0.4, -0.2) is 28.5 Å². The van der Waals surface area contributed by atoms with Gasteiger partial charge in [0.1, 0.15) is 0 Å². The quantitative estimate of drug-likeness (QED) is 0.508. The number of alkyl halides is 1. The Bertz CT molecular complexity index is 114. The third kappa shape index (κ3) is 2.97. The van der Waals surface area contributed by atoms with E-state index in [2.05, 4.69) is 0 Å². The lowest BCUT2D eigenvalue weighted by molar-refractivity contribution is 0.333. The van der Waals surface area contributed by atoms with Gasteiger partial charge in [-0.1, -0.05) is 0 Å². The largest absolute Gasteiger partial charge is 0.514 e. The van der Waals surface area contributed by atoms with E-state index in [4.69, 9.17) is 16.7 Å². The Morgan fingerprint density at radius 1 is 1.50 bits per heavy atom. The summed E-state index contributed by atoms with van der Waals surface area (Å²) in [7, 11) is 1.87. The molecule has 3 heteroatoms. The molecule has 60 valence electrons. The van der Waals surface area contributed by atoms with Gasteiger partial charge in [0, 0.05) is 19.3 Å². The van der Waals surface area contributed by atoms with Crippen LogP contribution in [0.25, 0.3) is 0 Å². The second-order valence-electron chi connectivity index (χ2n) is 2.38. The van der Waals surface area contributed by atoms with Gasteiger partial charge in [0.15, 0.2) is 0 Å². The van der Waals surface area contributed by atoms with Crippen molar-refractivity contribution in [1.29, 1.82) is 0 Å². The number of hydrogen-bond acceptors (Lipinski definition) is 2. The van der Waals surface area contributed by atoms with Crippen molar-refractivity contribution < 1.29 is 5.11 Å². The van der Waals surface area contributed by atoms with Crippen LogP contribution < -0.4 is 0 Å². The summed E-state index contributed by atoms with van der Waals surface area (Å²) < 4.78 is 0. The van der Waals surface area contributed by atoms with E-state index < -0.39 is 0 Å². The Morgan fingerprint density at radius 3 is 2.30 bits per heavy atom. The summed E-state index contributed by atoms with van der Waals surface area (Å²) in [4.78, 5) is 1.86. The normalized spacial score (nSPS) is 17.2. The van der Waals surface area contributed by atoms with Crippen LogP contribution in [0.3, 0.4) is 0 Å². The molecule has 0 aliphatic heterocycles. The summed E-state index contributed by atoms with van der Waals surface area (Å²) in [5, 5.41) is 8.49. The molecule has 1 unspecified atom stereocenters. The van der Waals surface area contributed by atoms with Crippen molar-refractivity contribution in [2.45, 2.75) is 25.3 Å². The highest BCUT2D eigenvalue weighted by atomic mass is 35.5. The van der Waals surface area contributed by atoms with Crippen LogP contribution in [0.4, 0.5) is 0 Å². The van der Waals surface area contributed by atoms with Crippen LogP contribution in [0, 0.1) is 0 Å². The minimum Gasteiger partial charge on any atom is -0.514 e. The zero-order chi connectivity index (χ0) is 8.15. The number of aliphatic hydroxyl groups excluding tert-OH is 1. The summed E-state index contributed by atoms with van der Waals surface area (Å²) >= 11 is 5.80. The Hall–Kier alpha value is -0.370. The van der Waals surface area contributed by atoms with Crippen molar-refractivity contribution in [3.63, 3.8) is 0 Å². The molecular formula is C7H14ClNO. The Balaban J connectivity index is 3.81. The standard InChI is InChI=1S/C7H14ClNO/c1-6(8)7(2)9(3)4-5-10/h4-7,10H,1-3H3/b5-4-/t6?,7-/m1/s1. The second kappa shape index (κ2) is 4.45. The van der Waals surface area contributed by atoms with Gasteiger partial charge in [0.05, 0.1) is 11.6 Å². The molecule has 0 rings (SSSR count). The highest BCUT2D eigenvalue weighted by molar-refractivity contribution is 6.20. The van der Waals surface area contributed by atoms with Gasteiger partial charge in [0.2, 0.25) is 0 Å².